The number of hydrogen-bond acceptors (Lipinski definition) is 5. The number of anilines is 1. The van der Waals surface area contributed by atoms with Gasteiger partial charge in [0.25, 0.3) is 5.91 Å². The smallest absolute Gasteiger partial charge is 0.315 e. The molecule has 8 heteroatoms. The molecule has 36 heavy (non-hydrogen) atoms. The first-order valence-electron chi connectivity index (χ1n) is 12.9. The minimum atomic E-state index is -0.798. The Hall–Kier alpha value is -3.16. The zero-order valence-electron chi connectivity index (χ0n) is 22.0. The average Bonchev–Trinajstić information content (AvgIpc) is 3.40. The molecular formula is C28H38N4O4. The minimum absolute atomic E-state index is 0.0559. The first-order chi connectivity index (χ1) is 17.1. The van der Waals surface area contributed by atoms with Gasteiger partial charge in [-0.25, -0.2) is 0 Å². The molecule has 8 nitrogen and oxygen atoms in total. The molecule has 2 N–H and O–H groups in total. The van der Waals surface area contributed by atoms with E-state index in [4.69, 9.17) is 4.74 Å². The number of ether oxygens (including phenoxy) is 1. The Kier molecular flexibility index (Phi) is 7.25. The number of hydrogen-bond donors (Lipinski definition) is 2. The lowest BCUT2D eigenvalue weighted by Crippen LogP contribution is -2.54. The van der Waals surface area contributed by atoms with Crippen molar-refractivity contribution in [2.24, 2.45) is 24.3 Å². The fourth-order valence-corrected chi connectivity index (χ4v) is 5.32. The van der Waals surface area contributed by atoms with Crippen LogP contribution in [0.25, 0.3) is 0 Å². The van der Waals surface area contributed by atoms with Gasteiger partial charge in [-0.3, -0.25) is 19.1 Å². The maximum atomic E-state index is 13.7. The number of rotatable bonds is 10. The Morgan fingerprint density at radius 2 is 1.83 bits per heavy atom. The molecule has 0 bridgehead atoms. The number of aryl methyl sites for hydroxylation is 1. The van der Waals surface area contributed by atoms with E-state index in [1.807, 2.05) is 26.0 Å². The first kappa shape index (κ1) is 25.9. The Labute approximate surface area is 213 Å². The van der Waals surface area contributed by atoms with E-state index in [9.17, 15) is 14.4 Å². The van der Waals surface area contributed by atoms with Gasteiger partial charge in [-0.15, -0.1) is 0 Å². The van der Waals surface area contributed by atoms with Gasteiger partial charge in [-0.1, -0.05) is 38.3 Å². The summed E-state index contributed by atoms with van der Waals surface area (Å²) in [5.74, 6) is -0.303. The summed E-state index contributed by atoms with van der Waals surface area (Å²) in [5.41, 5.74) is 1.11. The molecule has 2 atom stereocenters. The number of nitrogens with one attached hydrogen (secondary N) is 2. The van der Waals surface area contributed by atoms with Crippen LogP contribution in [0.1, 0.15) is 75.9 Å². The van der Waals surface area contributed by atoms with Gasteiger partial charge in [0.1, 0.15) is 11.7 Å². The number of aromatic nitrogens is 2. The number of carbonyl (C=O) groups is 3. The van der Waals surface area contributed by atoms with Crippen LogP contribution in [0, 0.1) is 17.3 Å². The van der Waals surface area contributed by atoms with Crippen LogP contribution in [0.2, 0.25) is 0 Å². The van der Waals surface area contributed by atoms with Gasteiger partial charge >= 0.3 is 5.97 Å². The third kappa shape index (κ3) is 5.18. The summed E-state index contributed by atoms with van der Waals surface area (Å²) in [5, 5.41) is 10.2. The zero-order valence-corrected chi connectivity index (χ0v) is 22.0. The van der Waals surface area contributed by atoms with Crippen LogP contribution >= 0.6 is 0 Å². The second-order valence-corrected chi connectivity index (χ2v) is 11.1. The highest BCUT2D eigenvalue weighted by molar-refractivity contribution is 6.00. The predicted octanol–water partition coefficient (Wildman–Crippen LogP) is 4.21. The van der Waals surface area contributed by atoms with Gasteiger partial charge < -0.3 is 15.4 Å². The van der Waals surface area contributed by atoms with Crippen LogP contribution in [-0.2, 0) is 26.8 Å². The van der Waals surface area contributed by atoms with E-state index >= 15 is 0 Å². The summed E-state index contributed by atoms with van der Waals surface area (Å²) in [6.45, 7) is 7.99. The molecule has 2 amide bonds. The van der Waals surface area contributed by atoms with Crippen LogP contribution in [-0.4, -0.2) is 40.2 Å². The fraction of sp³-hybridized carbons (Fsp3) is 0.571. The maximum Gasteiger partial charge on any atom is 0.315 e. The fourth-order valence-electron chi connectivity index (χ4n) is 5.32. The molecular weight excluding hydrogens is 456 g/mol. The number of esters is 1. The molecule has 1 aromatic heterocycles. The van der Waals surface area contributed by atoms with Gasteiger partial charge in [-0.05, 0) is 74.6 Å². The van der Waals surface area contributed by atoms with Crippen molar-refractivity contribution < 1.29 is 19.1 Å². The second-order valence-electron chi connectivity index (χ2n) is 11.1. The van der Waals surface area contributed by atoms with E-state index in [0.717, 1.165) is 31.2 Å². The van der Waals surface area contributed by atoms with E-state index < -0.39 is 11.5 Å². The first-order valence-corrected chi connectivity index (χ1v) is 12.9. The summed E-state index contributed by atoms with van der Waals surface area (Å²) in [6, 6.07) is 8.27. The Morgan fingerprint density at radius 1 is 1.17 bits per heavy atom. The molecule has 2 fully saturated rings. The molecule has 4 rings (SSSR count). The molecule has 2 aromatic rings. The van der Waals surface area contributed by atoms with Crippen molar-refractivity contribution in [2.45, 2.75) is 71.3 Å². The molecule has 1 heterocycles. The third-order valence-electron chi connectivity index (χ3n) is 8.14. The topological polar surface area (TPSA) is 102 Å². The zero-order chi connectivity index (χ0) is 26.1. The third-order valence-corrected chi connectivity index (χ3v) is 8.14. The quantitative estimate of drug-likeness (QED) is 0.482. The largest absolute Gasteiger partial charge is 0.465 e. The highest BCUT2D eigenvalue weighted by Gasteiger charge is 2.54. The van der Waals surface area contributed by atoms with Crippen molar-refractivity contribution >= 4 is 23.5 Å². The molecule has 2 aliphatic carbocycles. The average molecular weight is 495 g/mol. The number of amides is 2. The Bertz CT molecular complexity index is 1110. The van der Waals surface area contributed by atoms with Crippen LogP contribution in [0.4, 0.5) is 5.69 Å². The summed E-state index contributed by atoms with van der Waals surface area (Å²) < 4.78 is 6.73. The standard InChI is InChI=1S/C28H38N4O4/c1-6-36-26(35)27(2,3)19-10-12-20(13-11-19)30-25(34)23(31-24(33)21-14-17-29-32(21)5)22(18-8-7-9-18)28(4)15-16-28/h10-14,17-18,22-23H,6-9,15-16H2,1-5H3,(H,30,34)(H,31,33)/t22?,23-/m0/s1. The van der Waals surface area contributed by atoms with E-state index in [0.29, 0.717) is 23.9 Å². The molecule has 0 aliphatic heterocycles. The van der Waals surface area contributed by atoms with Crippen molar-refractivity contribution in [2.75, 3.05) is 11.9 Å². The van der Waals surface area contributed by atoms with Crippen molar-refractivity contribution in [1.82, 2.24) is 15.1 Å². The van der Waals surface area contributed by atoms with Crippen molar-refractivity contribution in [3.8, 4) is 0 Å². The SMILES string of the molecule is CCOC(=O)C(C)(C)c1ccc(NC(=O)[C@@H](NC(=O)c2ccnn2C)C(C2CCC2)C2(C)CC2)cc1. The predicted molar refractivity (Wildman–Crippen MR) is 137 cm³/mol. The highest BCUT2D eigenvalue weighted by atomic mass is 16.5. The van der Waals surface area contributed by atoms with Crippen molar-refractivity contribution in [3.05, 3.63) is 47.8 Å². The van der Waals surface area contributed by atoms with Crippen molar-refractivity contribution in [3.63, 3.8) is 0 Å². The molecule has 2 aliphatic rings. The van der Waals surface area contributed by atoms with Crippen molar-refractivity contribution in [1.29, 1.82) is 0 Å². The minimum Gasteiger partial charge on any atom is -0.465 e. The highest BCUT2D eigenvalue weighted by Crippen LogP contribution is 2.58. The van der Waals surface area contributed by atoms with E-state index in [1.54, 1.807) is 38.4 Å². The van der Waals surface area contributed by atoms with Gasteiger partial charge in [0.15, 0.2) is 0 Å². The molecule has 1 aromatic carbocycles. The number of nitrogens with zero attached hydrogens (tertiary/aromatic N) is 2. The van der Waals surface area contributed by atoms with Crippen LogP contribution in [0.5, 0.6) is 0 Å². The summed E-state index contributed by atoms with van der Waals surface area (Å²) in [7, 11) is 1.72. The monoisotopic (exact) mass is 494 g/mol. The Balaban J connectivity index is 1.55. The molecule has 0 saturated heterocycles. The van der Waals surface area contributed by atoms with E-state index in [-0.39, 0.29) is 29.1 Å². The molecule has 194 valence electrons. The lowest BCUT2D eigenvalue weighted by molar-refractivity contribution is -0.148. The summed E-state index contributed by atoms with van der Waals surface area (Å²) in [4.78, 5) is 39.2. The van der Waals surface area contributed by atoms with Crippen LogP contribution in [0.15, 0.2) is 36.5 Å². The lowest BCUT2D eigenvalue weighted by atomic mass is 9.66. The molecule has 2 saturated carbocycles. The second kappa shape index (κ2) is 10.1. The lowest BCUT2D eigenvalue weighted by Gasteiger charge is -2.42. The molecule has 1 unspecified atom stereocenters. The normalized spacial score (nSPS) is 18.5. The van der Waals surface area contributed by atoms with Gasteiger partial charge in [-0.2, -0.15) is 5.10 Å². The number of carbonyl (C=O) groups excluding carboxylic acids is 3. The summed E-state index contributed by atoms with van der Waals surface area (Å²) in [6.07, 6.45) is 7.05. The van der Waals surface area contributed by atoms with Crippen LogP contribution < -0.4 is 10.6 Å². The Morgan fingerprint density at radius 3 is 2.33 bits per heavy atom. The number of benzene rings is 1. The van der Waals surface area contributed by atoms with Gasteiger partial charge in [0.05, 0.1) is 12.0 Å². The maximum absolute atomic E-state index is 13.7. The van der Waals surface area contributed by atoms with E-state index in [2.05, 4.69) is 22.7 Å². The molecule has 0 radical (unpaired) electrons. The van der Waals surface area contributed by atoms with Gasteiger partial charge in [0, 0.05) is 18.9 Å². The van der Waals surface area contributed by atoms with Gasteiger partial charge in [0.2, 0.25) is 5.91 Å². The van der Waals surface area contributed by atoms with Crippen LogP contribution in [0.3, 0.4) is 0 Å². The summed E-state index contributed by atoms with van der Waals surface area (Å²) >= 11 is 0. The van der Waals surface area contributed by atoms with E-state index in [1.165, 1.54) is 11.1 Å². The molecule has 0 spiro atoms.